The molecule has 1 saturated carbocycles. The second kappa shape index (κ2) is 7.38. The first-order valence-electron chi connectivity index (χ1n) is 7.10. The van der Waals surface area contributed by atoms with E-state index in [1.165, 1.54) is 0 Å². The van der Waals surface area contributed by atoms with E-state index in [4.69, 9.17) is 5.73 Å². The van der Waals surface area contributed by atoms with Crippen molar-refractivity contribution in [2.75, 3.05) is 6.54 Å². The fraction of sp³-hybridized carbons (Fsp3) is 0.571. The summed E-state index contributed by atoms with van der Waals surface area (Å²) in [6, 6.07) is 0.941. The van der Waals surface area contributed by atoms with Crippen LogP contribution in [0.3, 0.4) is 0 Å². The molecule has 1 fully saturated rings. The van der Waals surface area contributed by atoms with Gasteiger partial charge in [-0.3, -0.25) is 0 Å². The average molecular weight is 373 g/mol. The highest BCUT2D eigenvalue weighted by Crippen LogP contribution is 2.34. The number of halogens is 4. The molecule has 0 heterocycles. The zero-order valence-electron chi connectivity index (χ0n) is 12.6. The molecular weight excluding hydrogens is 353 g/mol. The van der Waals surface area contributed by atoms with Gasteiger partial charge in [-0.2, -0.15) is 0 Å². The number of rotatable bonds is 4. The van der Waals surface area contributed by atoms with Gasteiger partial charge in [0, 0.05) is 12.1 Å². The van der Waals surface area contributed by atoms with Gasteiger partial charge >= 0.3 is 0 Å². The van der Waals surface area contributed by atoms with E-state index in [2.05, 4.69) is 4.72 Å². The molecular formula is C14H20ClF3N2O2S. The molecule has 0 aliphatic heterocycles. The normalized spacial score (nSPS) is 25.0. The van der Waals surface area contributed by atoms with E-state index in [0.717, 1.165) is 19.3 Å². The predicted octanol–water partition coefficient (Wildman–Crippen LogP) is 2.71. The molecule has 2 atom stereocenters. The molecule has 1 aliphatic carbocycles. The Morgan fingerprint density at radius 2 is 1.83 bits per heavy atom. The van der Waals surface area contributed by atoms with Gasteiger partial charge in [0.05, 0.1) is 4.90 Å². The molecule has 1 aliphatic rings. The van der Waals surface area contributed by atoms with E-state index in [1.807, 2.05) is 6.92 Å². The smallest absolute Gasteiger partial charge is 0.241 e. The highest BCUT2D eigenvalue weighted by atomic mass is 35.5. The van der Waals surface area contributed by atoms with Crippen LogP contribution >= 0.6 is 12.4 Å². The number of benzene rings is 1. The average Bonchev–Trinajstić information content (AvgIpc) is 2.46. The summed E-state index contributed by atoms with van der Waals surface area (Å²) in [5.41, 5.74) is 4.91. The number of hydrogen-bond acceptors (Lipinski definition) is 3. The van der Waals surface area contributed by atoms with Crippen molar-refractivity contribution in [2.45, 2.75) is 43.0 Å². The minimum atomic E-state index is -4.20. The Morgan fingerprint density at radius 1 is 1.26 bits per heavy atom. The molecule has 23 heavy (non-hydrogen) atoms. The molecule has 2 unspecified atom stereocenters. The molecule has 9 heteroatoms. The van der Waals surface area contributed by atoms with Crippen LogP contribution in [0.25, 0.3) is 0 Å². The molecule has 2 rings (SSSR count). The van der Waals surface area contributed by atoms with Crippen LogP contribution in [-0.4, -0.2) is 20.5 Å². The van der Waals surface area contributed by atoms with E-state index in [-0.39, 0.29) is 24.9 Å². The van der Waals surface area contributed by atoms with E-state index in [0.29, 0.717) is 18.6 Å². The maximum atomic E-state index is 13.3. The van der Waals surface area contributed by atoms with Gasteiger partial charge in [0.2, 0.25) is 10.0 Å². The summed E-state index contributed by atoms with van der Waals surface area (Å²) in [4.78, 5) is -0.644. The van der Waals surface area contributed by atoms with Crippen LogP contribution in [0.1, 0.15) is 32.6 Å². The molecule has 0 bridgehead atoms. The molecule has 0 aromatic heterocycles. The van der Waals surface area contributed by atoms with Crippen LogP contribution in [-0.2, 0) is 10.0 Å². The number of sulfonamides is 1. The van der Waals surface area contributed by atoms with Gasteiger partial charge in [0.1, 0.15) is 0 Å². The Labute approximate surface area is 140 Å². The Bertz CT molecular complexity index is 649. The number of hydrogen-bond donors (Lipinski definition) is 2. The lowest BCUT2D eigenvalue weighted by molar-refractivity contribution is 0.191. The van der Waals surface area contributed by atoms with Crippen LogP contribution in [0.15, 0.2) is 17.0 Å². The fourth-order valence-electron chi connectivity index (χ4n) is 2.92. The molecule has 4 nitrogen and oxygen atoms in total. The second-order valence-electron chi connectivity index (χ2n) is 5.81. The quantitative estimate of drug-likeness (QED) is 0.798. The fourth-order valence-corrected chi connectivity index (χ4v) is 4.48. The zero-order valence-corrected chi connectivity index (χ0v) is 14.2. The van der Waals surface area contributed by atoms with Crippen molar-refractivity contribution in [1.29, 1.82) is 0 Å². The Morgan fingerprint density at radius 3 is 2.30 bits per heavy atom. The zero-order chi connectivity index (χ0) is 16.5. The molecule has 0 amide bonds. The Kier molecular flexibility index (Phi) is 6.48. The third-order valence-corrected chi connectivity index (χ3v) is 5.95. The van der Waals surface area contributed by atoms with Crippen LogP contribution in [0.2, 0.25) is 0 Å². The molecule has 0 radical (unpaired) electrons. The third kappa shape index (κ3) is 3.99. The lowest BCUT2D eigenvalue weighted by atomic mass is 9.74. The summed E-state index contributed by atoms with van der Waals surface area (Å²) < 4.78 is 66.8. The predicted molar refractivity (Wildman–Crippen MR) is 83.3 cm³/mol. The van der Waals surface area contributed by atoms with Crippen molar-refractivity contribution in [3.8, 4) is 0 Å². The maximum Gasteiger partial charge on any atom is 0.241 e. The Balaban J connectivity index is 0.00000264. The van der Waals surface area contributed by atoms with Crippen molar-refractivity contribution in [2.24, 2.45) is 11.7 Å². The highest BCUT2D eigenvalue weighted by molar-refractivity contribution is 7.89. The van der Waals surface area contributed by atoms with Gasteiger partial charge in [0.25, 0.3) is 0 Å². The van der Waals surface area contributed by atoms with Crippen LogP contribution in [0.4, 0.5) is 13.2 Å². The van der Waals surface area contributed by atoms with Gasteiger partial charge in [-0.05, 0) is 30.9 Å². The lowest BCUT2D eigenvalue weighted by Crippen LogP contribution is -2.58. The van der Waals surface area contributed by atoms with Gasteiger partial charge in [-0.1, -0.05) is 19.8 Å². The minimum absolute atomic E-state index is 0. The van der Waals surface area contributed by atoms with Crippen molar-refractivity contribution >= 4 is 22.4 Å². The van der Waals surface area contributed by atoms with Crippen molar-refractivity contribution in [1.82, 2.24) is 4.72 Å². The first-order valence-corrected chi connectivity index (χ1v) is 8.59. The molecule has 0 spiro atoms. The van der Waals surface area contributed by atoms with E-state index in [1.54, 1.807) is 0 Å². The van der Waals surface area contributed by atoms with Gasteiger partial charge in [0.15, 0.2) is 17.5 Å². The first-order chi connectivity index (χ1) is 10.2. The van der Waals surface area contributed by atoms with Crippen LogP contribution in [0.5, 0.6) is 0 Å². The molecule has 3 N–H and O–H groups in total. The van der Waals surface area contributed by atoms with E-state index in [9.17, 15) is 21.6 Å². The standard InChI is InChI=1S/C14H19F3N2O2S.ClH/c1-9-4-2-3-5-14(9,8-18)19-22(20,21)10-6-11(15)13(17)12(16)7-10;/h6-7,9,19H,2-5,8,18H2,1H3;1H. The van der Waals surface area contributed by atoms with Gasteiger partial charge < -0.3 is 5.73 Å². The van der Waals surface area contributed by atoms with Gasteiger partial charge in [-0.25, -0.2) is 26.3 Å². The molecule has 0 saturated heterocycles. The van der Waals surface area contributed by atoms with Crippen LogP contribution in [0, 0.1) is 23.4 Å². The monoisotopic (exact) mass is 372 g/mol. The number of nitrogens with one attached hydrogen (secondary N) is 1. The molecule has 1 aromatic carbocycles. The summed E-state index contributed by atoms with van der Waals surface area (Å²) in [7, 11) is -4.20. The van der Waals surface area contributed by atoms with Crippen molar-refractivity contribution in [3.05, 3.63) is 29.6 Å². The summed E-state index contributed by atoms with van der Waals surface area (Å²) >= 11 is 0. The lowest BCUT2D eigenvalue weighted by Gasteiger charge is -2.42. The minimum Gasteiger partial charge on any atom is -0.329 e. The maximum absolute atomic E-state index is 13.3. The van der Waals surface area contributed by atoms with E-state index >= 15 is 0 Å². The Hall–Kier alpha value is -0.830. The molecule has 1 aromatic rings. The summed E-state index contributed by atoms with van der Waals surface area (Å²) in [6.45, 7) is 1.97. The van der Waals surface area contributed by atoms with Crippen molar-refractivity contribution < 1.29 is 21.6 Å². The van der Waals surface area contributed by atoms with Crippen molar-refractivity contribution in [3.63, 3.8) is 0 Å². The summed E-state index contributed by atoms with van der Waals surface area (Å²) in [5.74, 6) is -4.78. The SMILES string of the molecule is CC1CCCCC1(CN)NS(=O)(=O)c1cc(F)c(F)c(F)c1.Cl. The molecule has 132 valence electrons. The van der Waals surface area contributed by atoms with E-state index < -0.39 is 37.9 Å². The topological polar surface area (TPSA) is 72.2 Å². The van der Waals surface area contributed by atoms with Gasteiger partial charge in [-0.15, -0.1) is 12.4 Å². The largest absolute Gasteiger partial charge is 0.329 e. The van der Waals surface area contributed by atoms with Crippen LogP contribution < -0.4 is 10.5 Å². The summed E-state index contributed by atoms with van der Waals surface area (Å²) in [6.07, 6.45) is 3.16. The summed E-state index contributed by atoms with van der Waals surface area (Å²) in [5, 5.41) is 0. The number of nitrogens with two attached hydrogens (primary N) is 1. The second-order valence-corrected chi connectivity index (χ2v) is 7.50. The third-order valence-electron chi connectivity index (χ3n) is 4.42. The highest BCUT2D eigenvalue weighted by Gasteiger charge is 2.40. The first kappa shape index (κ1) is 20.2.